The monoisotopic (exact) mass is 238 g/mol. The second kappa shape index (κ2) is 4.63. The maximum Gasteiger partial charge on any atom is 0.162 e. The molecule has 0 amide bonds. The van der Waals surface area contributed by atoms with Gasteiger partial charge in [0.05, 0.1) is 18.6 Å². The molecule has 1 aromatic rings. The van der Waals surface area contributed by atoms with Crippen LogP contribution < -0.4 is 10.1 Å². The van der Waals surface area contributed by atoms with Crippen LogP contribution in [0, 0.1) is 0 Å². The maximum atomic E-state index is 5.23. The van der Waals surface area contributed by atoms with Gasteiger partial charge in [-0.05, 0) is 12.1 Å². The number of nitrogens with zero attached hydrogens (tertiary/aromatic N) is 1. The van der Waals surface area contributed by atoms with Crippen LogP contribution in [0.3, 0.4) is 0 Å². The summed E-state index contributed by atoms with van der Waals surface area (Å²) in [6.07, 6.45) is 0. The van der Waals surface area contributed by atoms with Crippen molar-refractivity contribution in [3.63, 3.8) is 0 Å². The first kappa shape index (κ1) is 10.4. The Labute approximate surface area is 97.9 Å². The molecule has 0 atom stereocenters. The third kappa shape index (κ3) is 2.49. The molecule has 1 N–H and O–H groups in total. The first-order chi connectivity index (χ1) is 7.29. The van der Waals surface area contributed by atoms with Crippen molar-refractivity contribution in [1.82, 2.24) is 0 Å². The van der Waals surface area contributed by atoms with E-state index in [-0.39, 0.29) is 0 Å². The van der Waals surface area contributed by atoms with Gasteiger partial charge in [-0.3, -0.25) is 0 Å². The first-order valence-electron chi connectivity index (χ1n) is 4.44. The lowest BCUT2D eigenvalue weighted by molar-refractivity contribution is 0.417. The topological polar surface area (TPSA) is 33.6 Å². The second-order valence-corrected chi connectivity index (χ2v) is 4.55. The van der Waals surface area contributed by atoms with Crippen LogP contribution in [0.25, 0.3) is 0 Å². The average Bonchev–Trinajstić information content (AvgIpc) is 2.65. The summed E-state index contributed by atoms with van der Waals surface area (Å²) < 4.78 is 5.91. The van der Waals surface area contributed by atoms with Crippen molar-refractivity contribution in [1.29, 1.82) is 0 Å². The van der Waals surface area contributed by atoms with Crippen LogP contribution in [0.4, 0.5) is 5.69 Å². The Morgan fingerprint density at radius 2 is 2.27 bits per heavy atom. The Bertz CT molecular complexity index is 418. The molecule has 0 saturated heterocycles. The number of anilines is 1. The summed E-state index contributed by atoms with van der Waals surface area (Å²) in [6.45, 7) is 0. The predicted molar refractivity (Wildman–Crippen MR) is 69.1 cm³/mol. The van der Waals surface area contributed by atoms with Crippen molar-refractivity contribution in [3.05, 3.63) is 24.3 Å². The molecule has 1 heterocycles. The highest BCUT2D eigenvalue weighted by atomic mass is 32.2. The number of aliphatic imine (C=N–C) groups is 1. The molecular formula is C10H10N2OS2. The number of nitrogens with one attached hydrogen (secondary N) is 1. The zero-order chi connectivity index (χ0) is 10.7. The van der Waals surface area contributed by atoms with E-state index in [1.807, 2.05) is 24.3 Å². The number of benzene rings is 1. The fraction of sp³-hybridized carbons (Fsp3) is 0.200. The number of thioether (sulfide) groups is 1. The van der Waals surface area contributed by atoms with Gasteiger partial charge >= 0.3 is 0 Å². The molecule has 0 saturated carbocycles. The van der Waals surface area contributed by atoms with Crippen LogP contribution in [-0.4, -0.2) is 23.0 Å². The zero-order valence-electron chi connectivity index (χ0n) is 8.19. The molecule has 0 bridgehead atoms. The highest BCUT2D eigenvalue weighted by Crippen LogP contribution is 2.24. The third-order valence-corrected chi connectivity index (χ3v) is 3.15. The number of rotatable bonds is 2. The van der Waals surface area contributed by atoms with Gasteiger partial charge in [-0.15, -0.1) is 0 Å². The minimum atomic E-state index is 0.687. The maximum absolute atomic E-state index is 5.23. The molecule has 15 heavy (non-hydrogen) atoms. The van der Waals surface area contributed by atoms with Gasteiger partial charge in [-0.2, -0.15) is 0 Å². The van der Waals surface area contributed by atoms with Gasteiger partial charge in [0.1, 0.15) is 11.6 Å². The van der Waals surface area contributed by atoms with Gasteiger partial charge in [0, 0.05) is 0 Å². The number of ether oxygens (including phenoxy) is 1. The van der Waals surface area contributed by atoms with Gasteiger partial charge in [-0.1, -0.05) is 36.1 Å². The van der Waals surface area contributed by atoms with E-state index in [4.69, 9.17) is 17.0 Å². The summed E-state index contributed by atoms with van der Waals surface area (Å²) in [5, 5.41) is 3.21. The largest absolute Gasteiger partial charge is 0.495 e. The number of hydrogen-bond donors (Lipinski definition) is 1. The van der Waals surface area contributed by atoms with Gasteiger partial charge in [0.2, 0.25) is 0 Å². The molecule has 0 radical (unpaired) electrons. The second-order valence-electron chi connectivity index (χ2n) is 2.94. The van der Waals surface area contributed by atoms with Gasteiger partial charge < -0.3 is 10.1 Å². The molecule has 0 aromatic heterocycles. The SMILES string of the molecule is COc1ccccc1NC1=NC(=S)SC1. The minimum absolute atomic E-state index is 0.687. The Morgan fingerprint density at radius 3 is 2.93 bits per heavy atom. The highest BCUT2D eigenvalue weighted by Gasteiger charge is 2.12. The molecule has 2 rings (SSSR count). The van der Waals surface area contributed by atoms with E-state index < -0.39 is 0 Å². The fourth-order valence-corrected chi connectivity index (χ4v) is 2.13. The van der Waals surface area contributed by atoms with Crippen LogP contribution in [0.5, 0.6) is 5.75 Å². The molecule has 0 unspecified atom stereocenters. The lowest BCUT2D eigenvalue weighted by Crippen LogP contribution is -2.12. The molecule has 1 aliphatic rings. The van der Waals surface area contributed by atoms with E-state index in [0.717, 1.165) is 23.0 Å². The average molecular weight is 238 g/mol. The van der Waals surface area contributed by atoms with Crippen molar-refractivity contribution in [2.75, 3.05) is 18.2 Å². The molecule has 1 aromatic carbocycles. The smallest absolute Gasteiger partial charge is 0.162 e. The summed E-state index contributed by atoms with van der Waals surface area (Å²) >= 11 is 6.54. The van der Waals surface area contributed by atoms with Crippen molar-refractivity contribution in [2.24, 2.45) is 4.99 Å². The van der Waals surface area contributed by atoms with Gasteiger partial charge in [-0.25, -0.2) is 4.99 Å². The number of hydrogen-bond acceptors (Lipinski definition) is 4. The predicted octanol–water partition coefficient (Wildman–Crippen LogP) is 2.54. The lowest BCUT2D eigenvalue weighted by atomic mass is 10.3. The van der Waals surface area contributed by atoms with Crippen molar-refractivity contribution in [3.8, 4) is 5.75 Å². The van der Waals surface area contributed by atoms with E-state index in [0.29, 0.717) is 4.32 Å². The van der Waals surface area contributed by atoms with Crippen LogP contribution in [0.1, 0.15) is 0 Å². The number of thiocarbonyl (C=S) groups is 1. The normalized spacial score (nSPS) is 15.0. The van der Waals surface area contributed by atoms with E-state index in [2.05, 4.69) is 10.3 Å². The van der Waals surface area contributed by atoms with Gasteiger partial charge in [0.25, 0.3) is 0 Å². The van der Waals surface area contributed by atoms with Crippen molar-refractivity contribution in [2.45, 2.75) is 0 Å². The molecule has 78 valence electrons. The molecule has 0 aliphatic carbocycles. The van der Waals surface area contributed by atoms with Crippen molar-refractivity contribution >= 4 is 39.8 Å². The van der Waals surface area contributed by atoms with Crippen LogP contribution in [0.15, 0.2) is 29.3 Å². The molecular weight excluding hydrogens is 228 g/mol. The number of amidine groups is 1. The van der Waals surface area contributed by atoms with Crippen LogP contribution in [0.2, 0.25) is 0 Å². The first-order valence-corrected chi connectivity index (χ1v) is 5.83. The van der Waals surface area contributed by atoms with E-state index in [1.54, 1.807) is 18.9 Å². The minimum Gasteiger partial charge on any atom is -0.495 e. The summed E-state index contributed by atoms with van der Waals surface area (Å²) in [7, 11) is 1.65. The van der Waals surface area contributed by atoms with E-state index in [1.165, 1.54) is 0 Å². The summed E-state index contributed by atoms with van der Waals surface area (Å²) in [4.78, 5) is 4.20. The van der Waals surface area contributed by atoms with Crippen LogP contribution >= 0.6 is 24.0 Å². The molecule has 1 aliphatic heterocycles. The Balaban J connectivity index is 2.17. The number of para-hydroxylation sites is 2. The summed E-state index contributed by atoms with van der Waals surface area (Å²) in [5.41, 5.74) is 0.920. The highest BCUT2D eigenvalue weighted by molar-refractivity contribution is 8.23. The summed E-state index contributed by atoms with van der Waals surface area (Å²) in [6, 6.07) is 7.74. The van der Waals surface area contributed by atoms with Crippen molar-refractivity contribution < 1.29 is 4.74 Å². The zero-order valence-corrected chi connectivity index (χ0v) is 9.82. The third-order valence-electron chi connectivity index (χ3n) is 1.94. The van der Waals surface area contributed by atoms with E-state index in [9.17, 15) is 0 Å². The molecule has 5 heteroatoms. The van der Waals surface area contributed by atoms with Gasteiger partial charge in [0.15, 0.2) is 4.32 Å². The molecule has 3 nitrogen and oxygen atoms in total. The quantitative estimate of drug-likeness (QED) is 0.803. The Kier molecular flexibility index (Phi) is 3.23. The Hall–Kier alpha value is -1.07. The summed E-state index contributed by atoms with van der Waals surface area (Å²) in [5.74, 6) is 2.49. The molecule has 0 fully saturated rings. The lowest BCUT2D eigenvalue weighted by Gasteiger charge is -2.09. The standard InChI is InChI=1S/C10H10N2OS2/c1-13-8-5-3-2-4-7(8)11-9-6-15-10(14)12-9/h2-5H,6H2,1H3,(H,11,12,14). The fourth-order valence-electron chi connectivity index (χ4n) is 1.27. The number of methoxy groups -OCH3 is 1. The Morgan fingerprint density at radius 1 is 1.47 bits per heavy atom. The van der Waals surface area contributed by atoms with E-state index >= 15 is 0 Å². The molecule has 0 spiro atoms. The van der Waals surface area contributed by atoms with Crippen LogP contribution in [-0.2, 0) is 0 Å².